The van der Waals surface area contributed by atoms with Crippen molar-refractivity contribution < 1.29 is 0 Å². The molecule has 21 heavy (non-hydrogen) atoms. The zero-order valence-electron chi connectivity index (χ0n) is 12.0. The van der Waals surface area contributed by atoms with Crippen molar-refractivity contribution in [3.8, 4) is 0 Å². The average molecular weight is 326 g/mol. The number of alkyl halides is 1. The van der Waals surface area contributed by atoms with Crippen molar-refractivity contribution in [2.45, 2.75) is 31.3 Å². The minimum atomic E-state index is 0. The Balaban J connectivity index is 0.00000161. The monoisotopic (exact) mass is 325 g/mol. The summed E-state index contributed by atoms with van der Waals surface area (Å²) in [4.78, 5) is 6.75. The minimum Gasteiger partial charge on any atom is -0.330 e. The lowest BCUT2D eigenvalue weighted by Gasteiger charge is -2.33. The van der Waals surface area contributed by atoms with Crippen LogP contribution in [-0.4, -0.2) is 27.5 Å². The molecule has 0 radical (unpaired) electrons. The van der Waals surface area contributed by atoms with Crippen molar-refractivity contribution in [3.05, 3.63) is 54.1 Å². The Morgan fingerprint density at radius 3 is 2.52 bits per heavy atom. The quantitative estimate of drug-likeness (QED) is 0.795. The van der Waals surface area contributed by atoms with E-state index in [0.29, 0.717) is 11.9 Å². The number of likely N-dealkylation sites (tertiary alicyclic amines) is 1. The highest BCUT2D eigenvalue weighted by molar-refractivity contribution is 6.16. The van der Waals surface area contributed by atoms with Crippen LogP contribution < -0.4 is 0 Å². The number of halogens is 2. The Hall–Kier alpha value is -1.03. The second-order valence-electron chi connectivity index (χ2n) is 5.42. The summed E-state index contributed by atoms with van der Waals surface area (Å²) in [7, 11) is 0. The zero-order valence-corrected chi connectivity index (χ0v) is 13.6. The number of piperidine rings is 1. The fourth-order valence-corrected chi connectivity index (χ4v) is 3.17. The van der Waals surface area contributed by atoms with Crippen LogP contribution in [0.25, 0.3) is 0 Å². The fourth-order valence-electron chi connectivity index (χ4n) is 2.96. The van der Waals surface area contributed by atoms with Gasteiger partial charge in [-0.05, 0) is 18.4 Å². The average Bonchev–Trinajstić information content (AvgIpc) is 2.98. The molecule has 0 aliphatic carbocycles. The summed E-state index contributed by atoms with van der Waals surface area (Å²) >= 11 is 5.96. The maximum absolute atomic E-state index is 5.96. The Bertz CT molecular complexity index is 533. The third kappa shape index (κ3) is 4.00. The molecule has 0 bridgehead atoms. The van der Waals surface area contributed by atoms with Gasteiger partial charge >= 0.3 is 0 Å². The molecule has 0 atom stereocenters. The molecule has 2 heterocycles. The van der Waals surface area contributed by atoms with Crippen molar-refractivity contribution in [2.24, 2.45) is 0 Å². The smallest absolute Gasteiger partial charge is 0.0951 e. The van der Waals surface area contributed by atoms with E-state index in [4.69, 9.17) is 11.6 Å². The molecular formula is C16H21Cl2N3. The molecule has 1 saturated heterocycles. The molecule has 5 heteroatoms. The van der Waals surface area contributed by atoms with Crippen LogP contribution in [0.1, 0.15) is 30.1 Å². The van der Waals surface area contributed by atoms with E-state index >= 15 is 0 Å². The molecule has 0 amide bonds. The van der Waals surface area contributed by atoms with E-state index in [-0.39, 0.29) is 12.4 Å². The minimum absolute atomic E-state index is 0. The van der Waals surface area contributed by atoms with Crippen molar-refractivity contribution >= 4 is 24.0 Å². The molecule has 1 aromatic carbocycles. The van der Waals surface area contributed by atoms with Crippen LogP contribution in [0, 0.1) is 0 Å². The maximum atomic E-state index is 5.96. The van der Waals surface area contributed by atoms with Crippen molar-refractivity contribution in [1.82, 2.24) is 14.5 Å². The molecule has 1 fully saturated rings. The Labute approximate surface area is 137 Å². The standard InChI is InChI=1S/C16H20ClN3.ClH/c17-10-16-11-18-13-20(16)15-6-8-19(9-7-15)12-14-4-2-1-3-5-14;/h1-5,11,13,15H,6-10,12H2;1H. The van der Waals surface area contributed by atoms with Gasteiger partial charge < -0.3 is 4.57 Å². The molecule has 0 unspecified atom stereocenters. The van der Waals surface area contributed by atoms with Crippen LogP contribution in [-0.2, 0) is 12.4 Å². The van der Waals surface area contributed by atoms with E-state index in [9.17, 15) is 0 Å². The molecule has 1 aromatic heterocycles. The van der Waals surface area contributed by atoms with E-state index < -0.39 is 0 Å². The van der Waals surface area contributed by atoms with E-state index in [1.54, 1.807) is 0 Å². The van der Waals surface area contributed by atoms with Crippen LogP contribution in [0.15, 0.2) is 42.9 Å². The topological polar surface area (TPSA) is 21.1 Å². The zero-order chi connectivity index (χ0) is 13.8. The first-order chi connectivity index (χ1) is 9.86. The van der Waals surface area contributed by atoms with Gasteiger partial charge in [-0.1, -0.05) is 30.3 Å². The van der Waals surface area contributed by atoms with Gasteiger partial charge in [0.15, 0.2) is 0 Å². The summed E-state index contributed by atoms with van der Waals surface area (Å²) in [6.07, 6.45) is 6.15. The number of aromatic nitrogens is 2. The Morgan fingerprint density at radius 2 is 1.86 bits per heavy atom. The summed E-state index contributed by atoms with van der Waals surface area (Å²) in [5, 5.41) is 0. The molecule has 1 aliphatic heterocycles. The molecule has 0 N–H and O–H groups in total. The summed E-state index contributed by atoms with van der Waals surface area (Å²) in [6.45, 7) is 3.33. The summed E-state index contributed by atoms with van der Waals surface area (Å²) < 4.78 is 2.26. The Kier molecular flexibility index (Phi) is 6.09. The maximum Gasteiger partial charge on any atom is 0.0951 e. The summed E-state index contributed by atoms with van der Waals surface area (Å²) in [5.41, 5.74) is 2.53. The third-order valence-corrected chi connectivity index (χ3v) is 4.36. The molecule has 0 spiro atoms. The Morgan fingerprint density at radius 1 is 1.14 bits per heavy atom. The number of hydrogen-bond donors (Lipinski definition) is 0. The summed E-state index contributed by atoms with van der Waals surface area (Å²) in [5.74, 6) is 0.546. The van der Waals surface area contributed by atoms with Gasteiger partial charge in [0.1, 0.15) is 0 Å². The number of imidazole rings is 1. The molecule has 0 saturated carbocycles. The van der Waals surface area contributed by atoms with Crippen LogP contribution in [0.4, 0.5) is 0 Å². The van der Waals surface area contributed by atoms with E-state index in [2.05, 4.69) is 44.8 Å². The SMILES string of the molecule is Cl.ClCc1cncn1C1CCN(Cc2ccccc2)CC1. The number of rotatable bonds is 4. The van der Waals surface area contributed by atoms with Gasteiger partial charge in [0.05, 0.1) is 17.9 Å². The van der Waals surface area contributed by atoms with Crippen LogP contribution in [0.5, 0.6) is 0 Å². The highest BCUT2D eigenvalue weighted by Crippen LogP contribution is 2.25. The van der Waals surface area contributed by atoms with Gasteiger partial charge in [-0.25, -0.2) is 4.98 Å². The lowest BCUT2D eigenvalue weighted by atomic mass is 10.0. The second-order valence-corrected chi connectivity index (χ2v) is 5.69. The van der Waals surface area contributed by atoms with Gasteiger partial charge in [0, 0.05) is 31.9 Å². The van der Waals surface area contributed by atoms with Gasteiger partial charge in [-0.3, -0.25) is 4.90 Å². The molecular weight excluding hydrogens is 305 g/mol. The van der Waals surface area contributed by atoms with Crippen LogP contribution in [0.2, 0.25) is 0 Å². The van der Waals surface area contributed by atoms with Crippen molar-refractivity contribution in [1.29, 1.82) is 0 Å². The molecule has 1 aliphatic rings. The predicted molar refractivity (Wildman–Crippen MR) is 89.0 cm³/mol. The second kappa shape index (κ2) is 7.83. The molecule has 3 nitrogen and oxygen atoms in total. The van der Waals surface area contributed by atoms with Crippen molar-refractivity contribution in [3.63, 3.8) is 0 Å². The summed E-state index contributed by atoms with van der Waals surface area (Å²) in [6, 6.07) is 11.3. The number of benzene rings is 1. The first-order valence-electron chi connectivity index (χ1n) is 7.20. The highest BCUT2D eigenvalue weighted by Gasteiger charge is 2.21. The number of hydrogen-bond acceptors (Lipinski definition) is 2. The predicted octanol–water partition coefficient (Wildman–Crippen LogP) is 3.88. The first-order valence-corrected chi connectivity index (χ1v) is 7.73. The lowest BCUT2D eigenvalue weighted by Crippen LogP contribution is -2.34. The lowest BCUT2D eigenvalue weighted by molar-refractivity contribution is 0.178. The van der Waals surface area contributed by atoms with E-state index in [1.165, 1.54) is 18.4 Å². The number of nitrogens with zero attached hydrogens (tertiary/aromatic N) is 3. The van der Waals surface area contributed by atoms with Gasteiger partial charge in [-0.15, -0.1) is 24.0 Å². The van der Waals surface area contributed by atoms with Gasteiger partial charge in [0.2, 0.25) is 0 Å². The van der Waals surface area contributed by atoms with Crippen LogP contribution >= 0.6 is 24.0 Å². The molecule has 114 valence electrons. The van der Waals surface area contributed by atoms with Gasteiger partial charge in [-0.2, -0.15) is 0 Å². The molecule has 3 rings (SSSR count). The van der Waals surface area contributed by atoms with E-state index in [1.807, 2.05) is 12.5 Å². The normalized spacial score (nSPS) is 16.6. The van der Waals surface area contributed by atoms with Crippen molar-refractivity contribution in [2.75, 3.05) is 13.1 Å². The highest BCUT2D eigenvalue weighted by atomic mass is 35.5. The van der Waals surface area contributed by atoms with E-state index in [0.717, 1.165) is 25.3 Å². The largest absolute Gasteiger partial charge is 0.330 e. The van der Waals surface area contributed by atoms with Gasteiger partial charge in [0.25, 0.3) is 0 Å². The first kappa shape index (κ1) is 16.3. The fraction of sp³-hybridized carbons (Fsp3) is 0.438. The third-order valence-electron chi connectivity index (χ3n) is 4.08. The van der Waals surface area contributed by atoms with Crippen LogP contribution in [0.3, 0.4) is 0 Å². The molecule has 2 aromatic rings.